The van der Waals surface area contributed by atoms with Crippen LogP contribution >= 0.6 is 24.0 Å². The predicted molar refractivity (Wildman–Crippen MR) is 92.1 cm³/mol. The van der Waals surface area contributed by atoms with E-state index in [1.165, 1.54) is 6.92 Å². The van der Waals surface area contributed by atoms with Crippen LogP contribution < -0.4 is 20.7 Å². The summed E-state index contributed by atoms with van der Waals surface area (Å²) in [5.74, 6) is 1.33. The van der Waals surface area contributed by atoms with E-state index in [0.717, 1.165) is 11.6 Å². The maximum atomic E-state index is 10.9. The third kappa shape index (κ3) is 7.17. The molecule has 0 saturated carbocycles. The number of aliphatic imine (C=N–C) groups is 1. The SMILES string of the molecule is CN=C(NC)NCCOc1cccc(NC(C)=O)c1.I. The highest BCUT2D eigenvalue weighted by Gasteiger charge is 1.99. The number of anilines is 1. The molecule has 1 amide bonds. The maximum absolute atomic E-state index is 10.9. The van der Waals surface area contributed by atoms with E-state index in [0.29, 0.717) is 18.9 Å². The van der Waals surface area contributed by atoms with Crippen molar-refractivity contribution in [1.82, 2.24) is 10.6 Å². The highest BCUT2D eigenvalue weighted by Crippen LogP contribution is 2.16. The molecule has 0 spiro atoms. The van der Waals surface area contributed by atoms with Crippen molar-refractivity contribution in [2.24, 2.45) is 4.99 Å². The minimum absolute atomic E-state index is 0. The number of halogens is 1. The van der Waals surface area contributed by atoms with Crippen molar-refractivity contribution in [3.8, 4) is 5.75 Å². The zero-order valence-electron chi connectivity index (χ0n) is 11.9. The van der Waals surface area contributed by atoms with Crippen LogP contribution in [0.15, 0.2) is 29.3 Å². The lowest BCUT2D eigenvalue weighted by atomic mass is 10.3. The minimum Gasteiger partial charge on any atom is -0.492 e. The Morgan fingerprint density at radius 2 is 2.15 bits per heavy atom. The minimum atomic E-state index is -0.100. The van der Waals surface area contributed by atoms with Crippen molar-refractivity contribution in [3.63, 3.8) is 0 Å². The van der Waals surface area contributed by atoms with E-state index < -0.39 is 0 Å². The van der Waals surface area contributed by atoms with Gasteiger partial charge in [-0.2, -0.15) is 0 Å². The lowest BCUT2D eigenvalue weighted by Gasteiger charge is -2.10. The van der Waals surface area contributed by atoms with Crippen LogP contribution in [0.3, 0.4) is 0 Å². The summed E-state index contributed by atoms with van der Waals surface area (Å²) >= 11 is 0. The molecule has 0 heterocycles. The largest absolute Gasteiger partial charge is 0.492 e. The van der Waals surface area contributed by atoms with Crippen LogP contribution in [-0.2, 0) is 4.79 Å². The molecule has 3 N–H and O–H groups in total. The van der Waals surface area contributed by atoms with E-state index in [-0.39, 0.29) is 29.9 Å². The van der Waals surface area contributed by atoms with Gasteiger partial charge in [-0.05, 0) is 12.1 Å². The Balaban J connectivity index is 0.00000361. The molecular weight excluding hydrogens is 371 g/mol. The van der Waals surface area contributed by atoms with Crippen molar-refractivity contribution in [2.45, 2.75) is 6.92 Å². The molecule has 112 valence electrons. The van der Waals surface area contributed by atoms with Crippen molar-refractivity contribution < 1.29 is 9.53 Å². The fourth-order valence-electron chi connectivity index (χ4n) is 1.48. The summed E-state index contributed by atoms with van der Waals surface area (Å²) in [6.45, 7) is 2.61. The fraction of sp³-hybridized carbons (Fsp3) is 0.385. The average Bonchev–Trinajstić information content (AvgIpc) is 2.38. The molecule has 0 saturated heterocycles. The highest BCUT2D eigenvalue weighted by atomic mass is 127. The second kappa shape index (κ2) is 10.3. The van der Waals surface area contributed by atoms with E-state index in [1.54, 1.807) is 20.2 Å². The fourth-order valence-corrected chi connectivity index (χ4v) is 1.48. The second-order valence-corrected chi connectivity index (χ2v) is 3.81. The third-order valence-electron chi connectivity index (χ3n) is 2.28. The van der Waals surface area contributed by atoms with Gasteiger partial charge in [0.15, 0.2) is 5.96 Å². The number of rotatable bonds is 5. The van der Waals surface area contributed by atoms with Crippen LogP contribution in [0.5, 0.6) is 5.75 Å². The molecular formula is C13H21IN4O2. The number of carbonyl (C=O) groups excluding carboxylic acids is 1. The van der Waals surface area contributed by atoms with E-state index in [2.05, 4.69) is 20.9 Å². The normalized spacial score (nSPS) is 10.2. The monoisotopic (exact) mass is 392 g/mol. The Morgan fingerprint density at radius 3 is 2.75 bits per heavy atom. The first-order valence-electron chi connectivity index (χ1n) is 6.04. The van der Waals surface area contributed by atoms with Crippen molar-refractivity contribution >= 4 is 41.5 Å². The number of nitrogens with one attached hydrogen (secondary N) is 3. The van der Waals surface area contributed by atoms with Crippen LogP contribution in [0.25, 0.3) is 0 Å². The number of hydrogen-bond acceptors (Lipinski definition) is 3. The van der Waals surface area contributed by atoms with Crippen molar-refractivity contribution in [3.05, 3.63) is 24.3 Å². The molecule has 0 aliphatic heterocycles. The number of amides is 1. The van der Waals surface area contributed by atoms with Crippen LogP contribution in [0.1, 0.15) is 6.92 Å². The molecule has 7 heteroatoms. The molecule has 0 radical (unpaired) electrons. The Kier molecular flexibility index (Phi) is 9.52. The van der Waals surface area contributed by atoms with Crippen LogP contribution in [0, 0.1) is 0 Å². The number of ether oxygens (including phenoxy) is 1. The first-order chi connectivity index (χ1) is 9.15. The van der Waals surface area contributed by atoms with E-state index in [4.69, 9.17) is 4.74 Å². The Bertz CT molecular complexity index is 452. The standard InChI is InChI=1S/C13H20N4O2.HI/c1-10(18)17-11-5-4-6-12(9-11)19-8-7-16-13(14-2)15-3;/h4-6,9H,7-8H2,1-3H3,(H,17,18)(H2,14,15,16);1H. The van der Waals surface area contributed by atoms with Crippen LogP contribution in [0.2, 0.25) is 0 Å². The molecule has 6 nitrogen and oxygen atoms in total. The molecule has 0 bridgehead atoms. The first kappa shape index (κ1) is 18.5. The van der Waals surface area contributed by atoms with E-state index >= 15 is 0 Å². The molecule has 20 heavy (non-hydrogen) atoms. The zero-order chi connectivity index (χ0) is 14.1. The molecule has 0 aromatic heterocycles. The van der Waals surface area contributed by atoms with Gasteiger partial charge in [0.1, 0.15) is 12.4 Å². The van der Waals surface area contributed by atoms with Gasteiger partial charge in [0.25, 0.3) is 0 Å². The Hall–Kier alpha value is -1.51. The zero-order valence-corrected chi connectivity index (χ0v) is 14.2. The van der Waals surface area contributed by atoms with Gasteiger partial charge >= 0.3 is 0 Å². The molecule has 0 aliphatic carbocycles. The van der Waals surface area contributed by atoms with Crippen LogP contribution in [-0.4, -0.2) is 39.1 Å². The number of benzene rings is 1. The number of nitrogens with zero attached hydrogens (tertiary/aromatic N) is 1. The van der Waals surface area contributed by atoms with Gasteiger partial charge < -0.3 is 20.7 Å². The van der Waals surface area contributed by atoms with Gasteiger partial charge in [0.05, 0.1) is 6.54 Å². The molecule has 1 aromatic rings. The molecule has 1 aromatic carbocycles. The summed E-state index contributed by atoms with van der Waals surface area (Å²) < 4.78 is 5.57. The van der Waals surface area contributed by atoms with Gasteiger partial charge in [0.2, 0.25) is 5.91 Å². The van der Waals surface area contributed by atoms with Gasteiger partial charge in [-0.1, -0.05) is 6.07 Å². The summed E-state index contributed by atoms with van der Waals surface area (Å²) in [4.78, 5) is 14.9. The molecule has 0 unspecified atom stereocenters. The quantitative estimate of drug-likeness (QED) is 0.307. The van der Waals surface area contributed by atoms with Gasteiger partial charge in [-0.15, -0.1) is 24.0 Å². The summed E-state index contributed by atoms with van der Waals surface area (Å²) in [6.07, 6.45) is 0. The molecule has 1 rings (SSSR count). The third-order valence-corrected chi connectivity index (χ3v) is 2.28. The lowest BCUT2D eigenvalue weighted by molar-refractivity contribution is -0.114. The van der Waals surface area contributed by atoms with E-state index in [1.807, 2.05) is 18.2 Å². The number of carbonyl (C=O) groups is 1. The number of hydrogen-bond donors (Lipinski definition) is 3. The summed E-state index contributed by atoms with van der Waals surface area (Å²) in [5, 5.41) is 8.71. The van der Waals surface area contributed by atoms with Crippen molar-refractivity contribution in [1.29, 1.82) is 0 Å². The first-order valence-corrected chi connectivity index (χ1v) is 6.04. The summed E-state index contributed by atoms with van der Waals surface area (Å²) in [7, 11) is 3.50. The summed E-state index contributed by atoms with van der Waals surface area (Å²) in [6, 6.07) is 7.28. The summed E-state index contributed by atoms with van der Waals surface area (Å²) in [5.41, 5.74) is 0.726. The van der Waals surface area contributed by atoms with Gasteiger partial charge in [-0.3, -0.25) is 9.79 Å². The van der Waals surface area contributed by atoms with Gasteiger partial charge in [0, 0.05) is 32.8 Å². The Labute approximate surface area is 136 Å². The van der Waals surface area contributed by atoms with E-state index in [9.17, 15) is 4.79 Å². The maximum Gasteiger partial charge on any atom is 0.221 e. The van der Waals surface area contributed by atoms with Crippen molar-refractivity contribution in [2.75, 3.05) is 32.6 Å². The second-order valence-electron chi connectivity index (χ2n) is 3.81. The predicted octanol–water partition coefficient (Wildman–Crippen LogP) is 1.44. The molecule has 0 fully saturated rings. The Morgan fingerprint density at radius 1 is 1.40 bits per heavy atom. The topological polar surface area (TPSA) is 74.8 Å². The van der Waals surface area contributed by atoms with Gasteiger partial charge in [-0.25, -0.2) is 0 Å². The number of guanidine groups is 1. The smallest absolute Gasteiger partial charge is 0.221 e. The lowest BCUT2D eigenvalue weighted by Crippen LogP contribution is -2.37. The molecule has 0 atom stereocenters. The average molecular weight is 392 g/mol. The van der Waals surface area contributed by atoms with Crippen LogP contribution in [0.4, 0.5) is 5.69 Å². The highest BCUT2D eigenvalue weighted by molar-refractivity contribution is 14.0. The molecule has 0 aliphatic rings.